The van der Waals surface area contributed by atoms with Gasteiger partial charge >= 0.3 is 5.97 Å². The third kappa shape index (κ3) is 5.34. The van der Waals surface area contributed by atoms with Crippen LogP contribution in [-0.2, 0) is 16.1 Å². The van der Waals surface area contributed by atoms with Gasteiger partial charge in [0.15, 0.2) is 0 Å². The maximum Gasteiger partial charge on any atom is 0.330 e. The number of ether oxygens (including phenoxy) is 1. The Morgan fingerprint density at radius 2 is 2.53 bits per heavy atom. The number of rotatable bonds is 6. The van der Waals surface area contributed by atoms with Gasteiger partial charge < -0.3 is 10.1 Å². The second-order valence-electron chi connectivity index (χ2n) is 2.92. The lowest BCUT2D eigenvalue weighted by atomic mass is 10.3. The molecule has 3 nitrogen and oxygen atoms in total. The van der Waals surface area contributed by atoms with Crippen LogP contribution in [0.2, 0.25) is 0 Å². The summed E-state index contributed by atoms with van der Waals surface area (Å²) in [4.78, 5) is 10.9. The minimum absolute atomic E-state index is 0.283. The zero-order valence-electron chi connectivity index (χ0n) is 8.73. The second-order valence-corrected chi connectivity index (χ2v) is 3.70. The number of hydrogen-bond donors (Lipinski definition) is 1. The first-order chi connectivity index (χ1) is 7.33. The molecule has 0 unspecified atom stereocenters. The summed E-state index contributed by atoms with van der Waals surface area (Å²) in [5.41, 5.74) is 1.27. The first kappa shape index (κ1) is 11.9. The van der Waals surface area contributed by atoms with Crippen molar-refractivity contribution in [3.8, 4) is 0 Å². The molecule has 1 aromatic rings. The van der Waals surface area contributed by atoms with E-state index in [-0.39, 0.29) is 5.97 Å². The summed E-state index contributed by atoms with van der Waals surface area (Å²) in [6, 6.07) is 2.08. The average molecular weight is 225 g/mol. The van der Waals surface area contributed by atoms with E-state index in [1.54, 1.807) is 24.3 Å². The molecule has 0 atom stereocenters. The van der Waals surface area contributed by atoms with E-state index in [9.17, 15) is 4.79 Å². The van der Waals surface area contributed by atoms with Crippen molar-refractivity contribution in [1.29, 1.82) is 0 Å². The van der Waals surface area contributed by atoms with E-state index in [1.807, 2.05) is 5.38 Å². The van der Waals surface area contributed by atoms with Crippen molar-refractivity contribution in [2.75, 3.05) is 13.2 Å². The molecule has 0 aliphatic heterocycles. The Morgan fingerprint density at radius 3 is 3.20 bits per heavy atom. The molecule has 1 heterocycles. The molecule has 0 aromatic carbocycles. The predicted octanol–water partition coefficient (Wildman–Crippen LogP) is 1.96. The first-order valence-corrected chi connectivity index (χ1v) is 5.82. The Hall–Kier alpha value is -1.13. The van der Waals surface area contributed by atoms with Gasteiger partial charge in [-0.25, -0.2) is 4.79 Å². The summed E-state index contributed by atoms with van der Waals surface area (Å²) in [6.45, 7) is 3.72. The summed E-state index contributed by atoms with van der Waals surface area (Å²) in [5.74, 6) is -0.283. The van der Waals surface area contributed by atoms with Crippen LogP contribution in [-0.4, -0.2) is 19.1 Å². The monoisotopic (exact) mass is 225 g/mol. The molecular formula is C11H15NO2S. The van der Waals surface area contributed by atoms with Crippen molar-refractivity contribution in [2.45, 2.75) is 13.5 Å². The number of nitrogens with one attached hydrogen (secondary N) is 1. The minimum Gasteiger partial charge on any atom is -0.463 e. The second kappa shape index (κ2) is 7.20. The molecule has 4 heteroatoms. The van der Waals surface area contributed by atoms with Crippen LogP contribution in [0.25, 0.3) is 0 Å². The normalized spacial score (nSPS) is 10.7. The molecule has 1 aromatic heterocycles. The van der Waals surface area contributed by atoms with Crippen LogP contribution in [0.1, 0.15) is 12.5 Å². The van der Waals surface area contributed by atoms with Gasteiger partial charge in [-0.1, -0.05) is 6.08 Å². The Bertz CT molecular complexity index is 306. The molecule has 0 aliphatic carbocycles. The lowest BCUT2D eigenvalue weighted by Crippen LogP contribution is -2.12. The van der Waals surface area contributed by atoms with E-state index in [0.29, 0.717) is 13.2 Å². The van der Waals surface area contributed by atoms with Crippen LogP contribution < -0.4 is 5.32 Å². The van der Waals surface area contributed by atoms with Crippen molar-refractivity contribution in [3.05, 3.63) is 34.5 Å². The van der Waals surface area contributed by atoms with Crippen molar-refractivity contribution >= 4 is 17.3 Å². The predicted molar refractivity (Wildman–Crippen MR) is 61.8 cm³/mol. The highest BCUT2D eigenvalue weighted by Crippen LogP contribution is 2.04. The fraction of sp³-hybridized carbons (Fsp3) is 0.364. The lowest BCUT2D eigenvalue weighted by Gasteiger charge is -1.98. The van der Waals surface area contributed by atoms with Crippen molar-refractivity contribution in [1.82, 2.24) is 5.32 Å². The van der Waals surface area contributed by atoms with Gasteiger partial charge in [0.25, 0.3) is 0 Å². The Morgan fingerprint density at radius 1 is 1.67 bits per heavy atom. The van der Waals surface area contributed by atoms with Gasteiger partial charge in [-0.15, -0.1) is 0 Å². The van der Waals surface area contributed by atoms with Crippen LogP contribution in [0.15, 0.2) is 29.0 Å². The van der Waals surface area contributed by atoms with E-state index < -0.39 is 0 Å². The summed E-state index contributed by atoms with van der Waals surface area (Å²) in [7, 11) is 0. The number of thiophene rings is 1. The minimum atomic E-state index is -0.283. The molecular weight excluding hydrogens is 210 g/mol. The molecule has 0 saturated carbocycles. The van der Waals surface area contributed by atoms with Gasteiger partial charge in [-0.05, 0) is 29.3 Å². The molecule has 82 valence electrons. The average Bonchev–Trinajstić information content (AvgIpc) is 2.70. The van der Waals surface area contributed by atoms with E-state index in [4.69, 9.17) is 4.74 Å². The Balaban J connectivity index is 2.08. The summed E-state index contributed by atoms with van der Waals surface area (Å²) < 4.78 is 4.74. The maximum absolute atomic E-state index is 10.9. The molecule has 0 bridgehead atoms. The summed E-state index contributed by atoms with van der Waals surface area (Å²) in [5, 5.41) is 7.34. The largest absolute Gasteiger partial charge is 0.463 e. The molecule has 1 N–H and O–H groups in total. The Kier molecular flexibility index (Phi) is 5.73. The van der Waals surface area contributed by atoms with Crippen LogP contribution >= 0.6 is 11.3 Å². The zero-order valence-corrected chi connectivity index (χ0v) is 9.55. The van der Waals surface area contributed by atoms with E-state index in [2.05, 4.69) is 16.8 Å². The molecule has 1 rings (SSSR count). The number of carbonyl (C=O) groups excluding carboxylic acids is 1. The third-order valence-electron chi connectivity index (χ3n) is 1.71. The SMILES string of the molecule is CCOC(=O)/C=C/CNCc1ccsc1. The van der Waals surface area contributed by atoms with Gasteiger partial charge in [-0.2, -0.15) is 11.3 Å². The topological polar surface area (TPSA) is 38.3 Å². The molecule has 15 heavy (non-hydrogen) atoms. The van der Waals surface area contributed by atoms with Gasteiger partial charge in [0.2, 0.25) is 0 Å². The van der Waals surface area contributed by atoms with Gasteiger partial charge in [0.05, 0.1) is 6.61 Å². The standard InChI is InChI=1S/C11H15NO2S/c1-2-14-11(13)4-3-6-12-8-10-5-7-15-9-10/h3-5,7,9,12H,2,6,8H2,1H3/b4-3+. The molecule has 0 saturated heterocycles. The third-order valence-corrected chi connectivity index (χ3v) is 2.44. The summed E-state index contributed by atoms with van der Waals surface area (Å²) >= 11 is 1.68. The lowest BCUT2D eigenvalue weighted by molar-refractivity contribution is -0.137. The fourth-order valence-electron chi connectivity index (χ4n) is 1.04. The van der Waals surface area contributed by atoms with Crippen LogP contribution in [0, 0.1) is 0 Å². The molecule has 0 spiro atoms. The quantitative estimate of drug-likeness (QED) is 0.457. The number of hydrogen-bond acceptors (Lipinski definition) is 4. The highest BCUT2D eigenvalue weighted by Gasteiger charge is 1.93. The summed E-state index contributed by atoms with van der Waals surface area (Å²) in [6.07, 6.45) is 3.22. The number of carbonyl (C=O) groups is 1. The first-order valence-electron chi connectivity index (χ1n) is 4.88. The zero-order chi connectivity index (χ0) is 10.9. The van der Waals surface area contributed by atoms with Gasteiger partial charge in [-0.3, -0.25) is 0 Å². The smallest absolute Gasteiger partial charge is 0.330 e. The van der Waals surface area contributed by atoms with Gasteiger partial charge in [0, 0.05) is 19.2 Å². The van der Waals surface area contributed by atoms with Crippen molar-refractivity contribution in [2.24, 2.45) is 0 Å². The van der Waals surface area contributed by atoms with E-state index in [1.165, 1.54) is 11.6 Å². The number of esters is 1. The Labute approximate surface area is 93.8 Å². The molecule has 0 aliphatic rings. The van der Waals surface area contributed by atoms with Crippen molar-refractivity contribution in [3.63, 3.8) is 0 Å². The molecule has 0 amide bonds. The van der Waals surface area contributed by atoms with Crippen LogP contribution in [0.5, 0.6) is 0 Å². The molecule has 0 radical (unpaired) electrons. The highest BCUT2D eigenvalue weighted by molar-refractivity contribution is 7.07. The van der Waals surface area contributed by atoms with Gasteiger partial charge in [0.1, 0.15) is 0 Å². The highest BCUT2D eigenvalue weighted by atomic mass is 32.1. The fourth-order valence-corrected chi connectivity index (χ4v) is 1.71. The van der Waals surface area contributed by atoms with E-state index in [0.717, 1.165) is 6.54 Å². The van der Waals surface area contributed by atoms with Crippen LogP contribution in [0.4, 0.5) is 0 Å². The van der Waals surface area contributed by atoms with E-state index >= 15 is 0 Å². The van der Waals surface area contributed by atoms with Crippen LogP contribution in [0.3, 0.4) is 0 Å². The maximum atomic E-state index is 10.9. The van der Waals surface area contributed by atoms with Crippen molar-refractivity contribution < 1.29 is 9.53 Å². The molecule has 0 fully saturated rings.